The van der Waals surface area contributed by atoms with Crippen molar-refractivity contribution < 1.29 is 9.53 Å². The van der Waals surface area contributed by atoms with E-state index in [1.165, 1.54) is 11.8 Å². The molecule has 5 nitrogen and oxygen atoms in total. The van der Waals surface area contributed by atoms with Crippen molar-refractivity contribution in [2.24, 2.45) is 5.73 Å². The van der Waals surface area contributed by atoms with Crippen molar-refractivity contribution >= 4 is 58.7 Å². The highest BCUT2D eigenvalue weighted by Crippen LogP contribution is 2.36. The fourth-order valence-electron chi connectivity index (χ4n) is 2.35. The molecule has 3 rings (SSSR count). The van der Waals surface area contributed by atoms with Gasteiger partial charge in [0.2, 0.25) is 5.91 Å². The molecule has 0 saturated carbocycles. The summed E-state index contributed by atoms with van der Waals surface area (Å²) in [6.45, 7) is 2.97. The summed E-state index contributed by atoms with van der Waals surface area (Å²) in [5.41, 5.74) is 6.94. The van der Waals surface area contributed by atoms with Crippen LogP contribution < -0.4 is 11.1 Å². The van der Waals surface area contributed by atoms with Crippen LogP contribution in [-0.4, -0.2) is 29.6 Å². The second-order valence-electron chi connectivity index (χ2n) is 5.72. The SMILES string of the molecule is Cc1csc(Sc2ccc(NC(=O)C3(N)CCOCC3)cc2Cl)n1.Cl. The number of rotatable bonds is 4. The van der Waals surface area contributed by atoms with Crippen molar-refractivity contribution in [3.05, 3.63) is 34.3 Å². The van der Waals surface area contributed by atoms with E-state index >= 15 is 0 Å². The number of anilines is 1. The van der Waals surface area contributed by atoms with E-state index in [1.54, 1.807) is 17.4 Å². The zero-order chi connectivity index (χ0) is 17.2. The smallest absolute Gasteiger partial charge is 0.244 e. The molecule has 0 atom stereocenters. The molecule has 1 amide bonds. The molecule has 0 unspecified atom stereocenters. The maximum absolute atomic E-state index is 12.4. The zero-order valence-electron chi connectivity index (χ0n) is 13.6. The summed E-state index contributed by atoms with van der Waals surface area (Å²) in [4.78, 5) is 17.7. The van der Waals surface area contributed by atoms with Crippen LogP contribution in [0.2, 0.25) is 5.02 Å². The number of nitrogens with zero attached hydrogens (tertiary/aromatic N) is 1. The lowest BCUT2D eigenvalue weighted by Crippen LogP contribution is -2.54. The van der Waals surface area contributed by atoms with E-state index in [9.17, 15) is 4.79 Å². The predicted octanol–water partition coefficient (Wildman–Crippen LogP) is 4.12. The molecule has 1 aromatic carbocycles. The summed E-state index contributed by atoms with van der Waals surface area (Å²) in [5, 5.41) is 5.43. The number of ether oxygens (including phenoxy) is 1. The summed E-state index contributed by atoms with van der Waals surface area (Å²) >= 11 is 9.44. The van der Waals surface area contributed by atoms with Crippen LogP contribution in [0.15, 0.2) is 32.8 Å². The van der Waals surface area contributed by atoms with Gasteiger partial charge in [-0.2, -0.15) is 0 Å². The average Bonchev–Trinajstić information content (AvgIpc) is 2.96. The van der Waals surface area contributed by atoms with Gasteiger partial charge in [0.05, 0.1) is 5.02 Å². The number of benzene rings is 1. The monoisotopic (exact) mass is 419 g/mol. The lowest BCUT2D eigenvalue weighted by molar-refractivity contribution is -0.124. The molecular formula is C16H19Cl2N3O2S2. The van der Waals surface area contributed by atoms with Gasteiger partial charge in [-0.3, -0.25) is 4.79 Å². The highest BCUT2D eigenvalue weighted by Gasteiger charge is 2.35. The van der Waals surface area contributed by atoms with Gasteiger partial charge in [0.15, 0.2) is 4.34 Å². The fraction of sp³-hybridized carbons (Fsp3) is 0.375. The minimum Gasteiger partial charge on any atom is -0.381 e. The number of hydrogen-bond acceptors (Lipinski definition) is 6. The molecule has 9 heteroatoms. The molecule has 1 aliphatic rings. The molecule has 1 fully saturated rings. The van der Waals surface area contributed by atoms with Crippen LogP contribution in [0.4, 0.5) is 5.69 Å². The third-order valence-corrected chi connectivity index (χ3v) is 6.38. The number of halogens is 2. The number of nitrogens with one attached hydrogen (secondary N) is 1. The van der Waals surface area contributed by atoms with Crippen LogP contribution >= 0.6 is 47.1 Å². The number of aromatic nitrogens is 1. The Kier molecular flexibility index (Phi) is 7.13. The van der Waals surface area contributed by atoms with Crippen LogP contribution in [0.25, 0.3) is 0 Å². The van der Waals surface area contributed by atoms with Crippen LogP contribution in [0, 0.1) is 6.92 Å². The Balaban J connectivity index is 0.00000225. The number of nitrogens with two attached hydrogens (primary N) is 1. The first-order valence-electron chi connectivity index (χ1n) is 7.54. The van der Waals surface area contributed by atoms with Gasteiger partial charge < -0.3 is 15.8 Å². The average molecular weight is 420 g/mol. The molecular weight excluding hydrogens is 401 g/mol. The summed E-state index contributed by atoms with van der Waals surface area (Å²) in [7, 11) is 0. The molecule has 1 saturated heterocycles. The van der Waals surface area contributed by atoms with Crippen molar-refractivity contribution in [2.45, 2.75) is 34.5 Å². The van der Waals surface area contributed by atoms with E-state index in [0.717, 1.165) is 14.9 Å². The van der Waals surface area contributed by atoms with Crippen LogP contribution in [0.5, 0.6) is 0 Å². The number of carbonyl (C=O) groups excluding carboxylic acids is 1. The van der Waals surface area contributed by atoms with E-state index in [1.807, 2.05) is 24.4 Å². The molecule has 25 heavy (non-hydrogen) atoms. The largest absolute Gasteiger partial charge is 0.381 e. The number of hydrogen-bond donors (Lipinski definition) is 2. The number of amides is 1. The van der Waals surface area contributed by atoms with Crippen molar-refractivity contribution in [1.82, 2.24) is 4.98 Å². The number of thiazole rings is 1. The Labute approximate surface area is 166 Å². The molecule has 2 aromatic rings. The molecule has 1 aliphatic heterocycles. The van der Waals surface area contributed by atoms with Gasteiger partial charge >= 0.3 is 0 Å². The van der Waals surface area contributed by atoms with E-state index < -0.39 is 5.54 Å². The van der Waals surface area contributed by atoms with Crippen molar-refractivity contribution in [1.29, 1.82) is 0 Å². The van der Waals surface area contributed by atoms with Crippen molar-refractivity contribution in [3.63, 3.8) is 0 Å². The van der Waals surface area contributed by atoms with Crippen LogP contribution in [-0.2, 0) is 9.53 Å². The van der Waals surface area contributed by atoms with E-state index in [0.29, 0.717) is 36.8 Å². The highest BCUT2D eigenvalue weighted by atomic mass is 35.5. The van der Waals surface area contributed by atoms with Crippen LogP contribution in [0.1, 0.15) is 18.5 Å². The Bertz CT molecular complexity index is 749. The first kappa shape index (κ1) is 20.5. The Morgan fingerprint density at radius 3 is 2.76 bits per heavy atom. The maximum Gasteiger partial charge on any atom is 0.244 e. The third kappa shape index (κ3) is 5.09. The fourth-order valence-corrected chi connectivity index (χ4v) is 4.45. The zero-order valence-corrected chi connectivity index (χ0v) is 16.8. The maximum atomic E-state index is 12.4. The quantitative estimate of drug-likeness (QED) is 0.778. The first-order chi connectivity index (χ1) is 11.5. The minimum absolute atomic E-state index is 0. The summed E-state index contributed by atoms with van der Waals surface area (Å²) in [6, 6.07) is 5.45. The second kappa shape index (κ2) is 8.70. The Hall–Kier alpha value is -0.830. The molecule has 3 N–H and O–H groups in total. The highest BCUT2D eigenvalue weighted by molar-refractivity contribution is 8.01. The molecule has 0 spiro atoms. The molecule has 0 aliphatic carbocycles. The normalized spacial score (nSPS) is 16.1. The molecule has 136 valence electrons. The van der Waals surface area contributed by atoms with Gasteiger partial charge in [-0.1, -0.05) is 23.4 Å². The van der Waals surface area contributed by atoms with Gasteiger partial charge in [-0.05, 0) is 38.0 Å². The molecule has 1 aromatic heterocycles. The van der Waals surface area contributed by atoms with Crippen LogP contribution in [0.3, 0.4) is 0 Å². The summed E-state index contributed by atoms with van der Waals surface area (Å²) in [5.74, 6) is -0.196. The van der Waals surface area contributed by atoms with Gasteiger partial charge in [0.1, 0.15) is 5.54 Å². The molecule has 0 radical (unpaired) electrons. The van der Waals surface area contributed by atoms with E-state index in [2.05, 4.69) is 10.3 Å². The van der Waals surface area contributed by atoms with Gasteiger partial charge in [-0.15, -0.1) is 23.7 Å². The summed E-state index contributed by atoms with van der Waals surface area (Å²) < 4.78 is 6.21. The third-order valence-electron chi connectivity index (χ3n) is 3.82. The van der Waals surface area contributed by atoms with E-state index in [-0.39, 0.29) is 18.3 Å². The topological polar surface area (TPSA) is 77.2 Å². The Morgan fingerprint density at radius 2 is 2.16 bits per heavy atom. The van der Waals surface area contributed by atoms with Gasteiger partial charge in [0, 0.05) is 34.9 Å². The lowest BCUT2D eigenvalue weighted by Gasteiger charge is -2.31. The van der Waals surface area contributed by atoms with Crippen molar-refractivity contribution in [3.8, 4) is 0 Å². The molecule has 2 heterocycles. The first-order valence-corrected chi connectivity index (χ1v) is 9.61. The minimum atomic E-state index is -0.878. The van der Waals surface area contributed by atoms with Crippen molar-refractivity contribution in [2.75, 3.05) is 18.5 Å². The lowest BCUT2D eigenvalue weighted by atomic mass is 9.90. The second-order valence-corrected chi connectivity index (χ2v) is 8.28. The van der Waals surface area contributed by atoms with Gasteiger partial charge in [0.25, 0.3) is 0 Å². The van der Waals surface area contributed by atoms with E-state index in [4.69, 9.17) is 22.1 Å². The molecule has 0 bridgehead atoms. The summed E-state index contributed by atoms with van der Waals surface area (Å²) in [6.07, 6.45) is 1.04. The van der Waals surface area contributed by atoms with Gasteiger partial charge in [-0.25, -0.2) is 4.98 Å². The number of carbonyl (C=O) groups is 1. The number of aryl methyl sites for hydroxylation is 1. The predicted molar refractivity (Wildman–Crippen MR) is 105 cm³/mol. The standard InChI is InChI=1S/C16H18ClN3O2S2.ClH/c1-10-9-23-15(19-10)24-13-3-2-11(8-12(13)17)20-14(21)16(18)4-6-22-7-5-16;/h2-3,8-9H,4-7,18H2,1H3,(H,20,21);1H. The Morgan fingerprint density at radius 1 is 1.44 bits per heavy atom.